The van der Waals surface area contributed by atoms with E-state index in [1.54, 1.807) is 11.0 Å². The highest BCUT2D eigenvalue weighted by Gasteiger charge is 2.02. The van der Waals surface area contributed by atoms with Crippen LogP contribution in [-0.2, 0) is 13.6 Å². The van der Waals surface area contributed by atoms with Crippen molar-refractivity contribution in [1.82, 2.24) is 30.3 Å². The van der Waals surface area contributed by atoms with Gasteiger partial charge in [0.1, 0.15) is 18.7 Å². The Morgan fingerprint density at radius 2 is 2.00 bits per heavy atom. The molecule has 0 saturated heterocycles. The maximum atomic E-state index is 4.54. The fourth-order valence-corrected chi connectivity index (χ4v) is 2.16. The number of unbranched alkanes of at least 4 members (excludes halogenated alkanes) is 1. The summed E-state index contributed by atoms with van der Waals surface area (Å²) in [6.07, 6.45) is 3.90. The first-order valence-corrected chi connectivity index (χ1v) is 8.28. The van der Waals surface area contributed by atoms with E-state index in [1.807, 2.05) is 7.05 Å². The van der Waals surface area contributed by atoms with Crippen molar-refractivity contribution in [3.05, 3.63) is 12.2 Å². The van der Waals surface area contributed by atoms with Gasteiger partial charge >= 0.3 is 0 Å². The van der Waals surface area contributed by atoms with Gasteiger partial charge in [0.25, 0.3) is 0 Å². The Morgan fingerprint density at radius 3 is 2.59 bits per heavy atom. The van der Waals surface area contributed by atoms with Gasteiger partial charge in [-0.25, -0.2) is 9.98 Å². The average Bonchev–Trinajstić information content (AvgIpc) is 2.93. The van der Waals surface area contributed by atoms with Gasteiger partial charge in [-0.05, 0) is 39.4 Å². The zero-order valence-corrected chi connectivity index (χ0v) is 14.5. The first-order valence-electron chi connectivity index (χ1n) is 8.28. The summed E-state index contributed by atoms with van der Waals surface area (Å²) in [5, 5.41) is 10.7. The first kappa shape index (κ1) is 18.4. The van der Waals surface area contributed by atoms with E-state index in [2.05, 4.69) is 51.4 Å². The van der Waals surface area contributed by atoms with Crippen molar-refractivity contribution in [2.75, 3.05) is 32.7 Å². The van der Waals surface area contributed by atoms with Crippen LogP contribution in [0.3, 0.4) is 0 Å². The van der Waals surface area contributed by atoms with Crippen LogP contribution in [0.2, 0.25) is 0 Å². The zero-order valence-electron chi connectivity index (χ0n) is 14.5. The second kappa shape index (κ2) is 11.0. The minimum atomic E-state index is 0.533. The number of aromatic nitrogens is 3. The first-order chi connectivity index (χ1) is 10.7. The number of guanidine groups is 1. The zero-order chi connectivity index (χ0) is 16.2. The molecule has 1 rings (SSSR count). The van der Waals surface area contributed by atoms with Gasteiger partial charge in [-0.3, -0.25) is 4.68 Å². The van der Waals surface area contributed by atoms with Gasteiger partial charge in [0.2, 0.25) is 0 Å². The van der Waals surface area contributed by atoms with Crippen molar-refractivity contribution in [2.45, 2.75) is 40.2 Å². The van der Waals surface area contributed by atoms with E-state index in [9.17, 15) is 0 Å². The molecule has 0 bridgehead atoms. The number of aliphatic imine (C=N–C) groups is 1. The van der Waals surface area contributed by atoms with Crippen LogP contribution in [0.15, 0.2) is 11.3 Å². The van der Waals surface area contributed by atoms with Crippen LogP contribution < -0.4 is 10.6 Å². The Labute approximate surface area is 134 Å². The van der Waals surface area contributed by atoms with Gasteiger partial charge in [-0.1, -0.05) is 13.8 Å². The van der Waals surface area contributed by atoms with Gasteiger partial charge in [-0.2, -0.15) is 5.10 Å². The predicted octanol–water partition coefficient (Wildman–Crippen LogP) is 0.992. The highest BCUT2D eigenvalue weighted by molar-refractivity contribution is 5.79. The molecule has 0 unspecified atom stereocenters. The summed E-state index contributed by atoms with van der Waals surface area (Å²) in [7, 11) is 1.88. The second-order valence-electron chi connectivity index (χ2n) is 5.16. The van der Waals surface area contributed by atoms with Gasteiger partial charge in [0.15, 0.2) is 5.96 Å². The van der Waals surface area contributed by atoms with E-state index in [4.69, 9.17) is 0 Å². The molecule has 0 amide bonds. The number of hydrogen-bond donors (Lipinski definition) is 2. The molecule has 1 aromatic rings. The Hall–Kier alpha value is -1.63. The molecule has 0 aliphatic rings. The highest BCUT2D eigenvalue weighted by Crippen LogP contribution is 1.95. The summed E-state index contributed by atoms with van der Waals surface area (Å²) >= 11 is 0. The summed E-state index contributed by atoms with van der Waals surface area (Å²) in [5.74, 6) is 1.70. The monoisotopic (exact) mass is 309 g/mol. The Morgan fingerprint density at radius 1 is 1.23 bits per heavy atom. The summed E-state index contributed by atoms with van der Waals surface area (Å²) in [5.41, 5.74) is 0. The van der Waals surface area contributed by atoms with Crippen LogP contribution >= 0.6 is 0 Å². The standard InChI is InChI=1S/C15H31N7/c1-5-16-15(18-12-14-19-13-20-21(14)4)17-10-8-9-11-22(6-2)7-3/h13H,5-12H2,1-4H3,(H2,16,17,18). The molecular formula is C15H31N7. The molecule has 0 aromatic carbocycles. The molecule has 0 aliphatic carbocycles. The van der Waals surface area contributed by atoms with Crippen molar-refractivity contribution in [1.29, 1.82) is 0 Å². The third kappa shape index (κ3) is 6.89. The molecule has 0 aliphatic heterocycles. The Kier molecular flexibility index (Phi) is 9.21. The number of aryl methyl sites for hydroxylation is 1. The lowest BCUT2D eigenvalue weighted by Crippen LogP contribution is -2.38. The molecule has 0 spiro atoms. The third-order valence-electron chi connectivity index (χ3n) is 3.62. The maximum Gasteiger partial charge on any atom is 0.191 e. The van der Waals surface area contributed by atoms with Crippen LogP contribution in [0.4, 0.5) is 0 Å². The molecule has 7 heteroatoms. The lowest BCUT2D eigenvalue weighted by molar-refractivity contribution is 0.297. The topological polar surface area (TPSA) is 70.4 Å². The van der Waals surface area contributed by atoms with Crippen LogP contribution in [0, 0.1) is 0 Å². The van der Waals surface area contributed by atoms with Gasteiger partial charge in [-0.15, -0.1) is 0 Å². The summed E-state index contributed by atoms with van der Waals surface area (Å²) in [6, 6.07) is 0. The van der Waals surface area contributed by atoms with Gasteiger partial charge in [0, 0.05) is 20.1 Å². The van der Waals surface area contributed by atoms with Crippen LogP contribution in [0.25, 0.3) is 0 Å². The summed E-state index contributed by atoms with van der Waals surface area (Å²) in [4.78, 5) is 11.2. The Bertz CT molecular complexity index is 423. The highest BCUT2D eigenvalue weighted by atomic mass is 15.3. The number of nitrogens with one attached hydrogen (secondary N) is 2. The molecule has 126 valence electrons. The smallest absolute Gasteiger partial charge is 0.191 e. The molecule has 1 heterocycles. The molecule has 2 N–H and O–H groups in total. The van der Waals surface area contributed by atoms with Crippen molar-refractivity contribution in [3.63, 3.8) is 0 Å². The summed E-state index contributed by atoms with van der Waals surface area (Å²) < 4.78 is 1.75. The Balaban J connectivity index is 2.30. The molecule has 7 nitrogen and oxygen atoms in total. The second-order valence-corrected chi connectivity index (χ2v) is 5.16. The average molecular weight is 309 g/mol. The van der Waals surface area contributed by atoms with E-state index >= 15 is 0 Å². The quantitative estimate of drug-likeness (QED) is 0.383. The van der Waals surface area contributed by atoms with E-state index in [0.29, 0.717) is 6.54 Å². The molecule has 0 fully saturated rings. The van der Waals surface area contributed by atoms with Gasteiger partial charge in [0.05, 0.1) is 0 Å². The third-order valence-corrected chi connectivity index (χ3v) is 3.62. The maximum absolute atomic E-state index is 4.54. The van der Waals surface area contributed by atoms with Gasteiger partial charge < -0.3 is 15.5 Å². The number of rotatable bonds is 10. The molecule has 0 radical (unpaired) electrons. The molecule has 0 atom stereocenters. The largest absolute Gasteiger partial charge is 0.357 e. The minimum absolute atomic E-state index is 0.533. The molecule has 1 aromatic heterocycles. The molecule has 0 saturated carbocycles. The van der Waals surface area contributed by atoms with E-state index in [1.165, 1.54) is 13.0 Å². The van der Waals surface area contributed by atoms with Crippen molar-refractivity contribution in [2.24, 2.45) is 12.0 Å². The predicted molar refractivity (Wildman–Crippen MR) is 90.8 cm³/mol. The number of hydrogen-bond acceptors (Lipinski definition) is 4. The van der Waals surface area contributed by atoms with Crippen molar-refractivity contribution in [3.8, 4) is 0 Å². The van der Waals surface area contributed by atoms with E-state index < -0.39 is 0 Å². The van der Waals surface area contributed by atoms with E-state index in [0.717, 1.165) is 44.4 Å². The lowest BCUT2D eigenvalue weighted by atomic mass is 10.3. The van der Waals surface area contributed by atoms with Crippen LogP contribution in [0.5, 0.6) is 0 Å². The van der Waals surface area contributed by atoms with Crippen molar-refractivity contribution >= 4 is 5.96 Å². The normalized spacial score (nSPS) is 12.0. The SMILES string of the molecule is CCNC(=NCc1ncnn1C)NCCCCN(CC)CC. The van der Waals surface area contributed by atoms with Crippen LogP contribution in [0.1, 0.15) is 39.4 Å². The fraction of sp³-hybridized carbons (Fsp3) is 0.800. The minimum Gasteiger partial charge on any atom is -0.357 e. The lowest BCUT2D eigenvalue weighted by Gasteiger charge is -2.18. The fourth-order valence-electron chi connectivity index (χ4n) is 2.16. The van der Waals surface area contributed by atoms with Crippen molar-refractivity contribution < 1.29 is 0 Å². The molecule has 22 heavy (non-hydrogen) atoms. The molecular weight excluding hydrogens is 278 g/mol. The van der Waals surface area contributed by atoms with Crippen LogP contribution in [-0.4, -0.2) is 58.3 Å². The summed E-state index contributed by atoms with van der Waals surface area (Å²) in [6.45, 7) is 12.2. The van der Waals surface area contributed by atoms with E-state index in [-0.39, 0.29) is 0 Å². The number of nitrogens with zero attached hydrogens (tertiary/aromatic N) is 5.